The van der Waals surface area contributed by atoms with Gasteiger partial charge in [-0.25, -0.2) is 8.78 Å². The van der Waals surface area contributed by atoms with E-state index in [0.717, 1.165) is 12.1 Å². The van der Waals surface area contributed by atoms with Gasteiger partial charge in [0.15, 0.2) is 11.6 Å². The summed E-state index contributed by atoms with van der Waals surface area (Å²) in [5.74, 6) is -1.25. The number of aliphatic hydroxyl groups excluding tert-OH is 1. The minimum atomic E-state index is -0.898. The van der Waals surface area contributed by atoms with E-state index < -0.39 is 17.7 Å². The molecular formula is C15H14F2O2. The van der Waals surface area contributed by atoms with Gasteiger partial charge < -0.3 is 9.84 Å². The molecule has 0 aliphatic rings. The molecule has 100 valence electrons. The van der Waals surface area contributed by atoms with Gasteiger partial charge in [0.25, 0.3) is 0 Å². The first kappa shape index (κ1) is 13.5. The topological polar surface area (TPSA) is 29.5 Å². The fraction of sp³-hybridized carbons (Fsp3) is 0.200. The second kappa shape index (κ2) is 5.80. The number of halogens is 2. The van der Waals surface area contributed by atoms with Crippen molar-refractivity contribution < 1.29 is 18.6 Å². The fourth-order valence-electron chi connectivity index (χ4n) is 1.75. The number of benzene rings is 2. The molecule has 0 bridgehead atoms. The minimum absolute atomic E-state index is 0.112. The van der Waals surface area contributed by atoms with Crippen molar-refractivity contribution in [2.45, 2.75) is 19.6 Å². The molecule has 4 heteroatoms. The van der Waals surface area contributed by atoms with Crippen molar-refractivity contribution in [3.05, 3.63) is 65.2 Å². The lowest BCUT2D eigenvalue weighted by atomic mass is 10.1. The Morgan fingerprint density at radius 2 is 1.84 bits per heavy atom. The van der Waals surface area contributed by atoms with Gasteiger partial charge in [-0.3, -0.25) is 0 Å². The van der Waals surface area contributed by atoms with Gasteiger partial charge >= 0.3 is 0 Å². The predicted octanol–water partition coefficient (Wildman–Crippen LogP) is 3.60. The summed E-state index contributed by atoms with van der Waals surface area (Å²) in [7, 11) is 0. The van der Waals surface area contributed by atoms with Crippen molar-refractivity contribution in [2.75, 3.05) is 0 Å². The lowest BCUT2D eigenvalue weighted by Crippen LogP contribution is -2.01. The summed E-state index contributed by atoms with van der Waals surface area (Å²) >= 11 is 0. The van der Waals surface area contributed by atoms with Crippen LogP contribution in [-0.2, 0) is 6.61 Å². The number of aliphatic hydroxyl groups is 1. The molecule has 2 nitrogen and oxygen atoms in total. The third-order valence-corrected chi connectivity index (χ3v) is 2.75. The van der Waals surface area contributed by atoms with Crippen LogP contribution in [0.25, 0.3) is 0 Å². The maximum absolute atomic E-state index is 13.0. The number of hydrogen-bond donors (Lipinski definition) is 1. The summed E-state index contributed by atoms with van der Waals surface area (Å²) < 4.78 is 31.4. The predicted molar refractivity (Wildman–Crippen MR) is 67.8 cm³/mol. The highest BCUT2D eigenvalue weighted by molar-refractivity contribution is 5.35. The normalized spacial score (nSPS) is 12.2. The maximum atomic E-state index is 13.0. The van der Waals surface area contributed by atoms with E-state index >= 15 is 0 Å². The van der Waals surface area contributed by atoms with Crippen LogP contribution in [0.2, 0.25) is 0 Å². The second-order valence-corrected chi connectivity index (χ2v) is 4.25. The molecule has 1 atom stereocenters. The van der Waals surface area contributed by atoms with Crippen LogP contribution >= 0.6 is 0 Å². The van der Waals surface area contributed by atoms with Crippen LogP contribution in [0.3, 0.4) is 0 Å². The summed E-state index contributed by atoms with van der Waals surface area (Å²) in [6.07, 6.45) is -0.652. The Kier molecular flexibility index (Phi) is 4.12. The summed E-state index contributed by atoms with van der Waals surface area (Å²) in [5, 5.41) is 9.59. The smallest absolute Gasteiger partial charge is 0.159 e. The molecular weight excluding hydrogens is 250 g/mol. The molecule has 0 saturated carbocycles. The summed E-state index contributed by atoms with van der Waals surface area (Å²) in [6, 6.07) is 10.7. The third kappa shape index (κ3) is 3.29. The number of rotatable bonds is 4. The van der Waals surface area contributed by atoms with Crippen molar-refractivity contribution in [3.8, 4) is 5.75 Å². The van der Waals surface area contributed by atoms with E-state index in [2.05, 4.69) is 0 Å². The SMILES string of the molecule is C[C@@H](O)c1ccccc1OCc1ccc(F)c(F)c1. The minimum Gasteiger partial charge on any atom is -0.489 e. The molecule has 2 rings (SSSR count). The highest BCUT2D eigenvalue weighted by Crippen LogP contribution is 2.25. The fourth-order valence-corrected chi connectivity index (χ4v) is 1.75. The molecule has 2 aromatic rings. The Labute approximate surface area is 110 Å². The Morgan fingerprint density at radius 1 is 1.11 bits per heavy atom. The molecule has 0 aromatic heterocycles. The maximum Gasteiger partial charge on any atom is 0.159 e. The van der Waals surface area contributed by atoms with Crippen LogP contribution in [0.15, 0.2) is 42.5 Å². The van der Waals surface area contributed by atoms with E-state index in [1.54, 1.807) is 31.2 Å². The van der Waals surface area contributed by atoms with Gasteiger partial charge in [-0.15, -0.1) is 0 Å². The second-order valence-electron chi connectivity index (χ2n) is 4.25. The van der Waals surface area contributed by atoms with E-state index in [-0.39, 0.29) is 6.61 Å². The lowest BCUT2D eigenvalue weighted by molar-refractivity contribution is 0.190. The zero-order valence-electron chi connectivity index (χ0n) is 10.4. The van der Waals surface area contributed by atoms with Crippen molar-refractivity contribution in [3.63, 3.8) is 0 Å². The highest BCUT2D eigenvalue weighted by Gasteiger charge is 2.09. The molecule has 0 heterocycles. The summed E-state index contributed by atoms with van der Waals surface area (Å²) in [5.41, 5.74) is 1.18. The van der Waals surface area contributed by atoms with Crippen LogP contribution in [0, 0.1) is 11.6 Å². The van der Waals surface area contributed by atoms with Crippen LogP contribution in [0.5, 0.6) is 5.75 Å². The molecule has 0 unspecified atom stereocenters. The number of hydrogen-bond acceptors (Lipinski definition) is 2. The molecule has 0 amide bonds. The quantitative estimate of drug-likeness (QED) is 0.914. The first-order valence-corrected chi connectivity index (χ1v) is 5.91. The van der Waals surface area contributed by atoms with Crippen molar-refractivity contribution in [2.24, 2.45) is 0 Å². The van der Waals surface area contributed by atoms with E-state index in [1.807, 2.05) is 0 Å². The molecule has 0 radical (unpaired) electrons. The monoisotopic (exact) mass is 264 g/mol. The van der Waals surface area contributed by atoms with E-state index in [1.165, 1.54) is 6.07 Å². The summed E-state index contributed by atoms with van der Waals surface area (Å²) in [6.45, 7) is 1.75. The Bertz CT molecular complexity index is 568. The van der Waals surface area contributed by atoms with Gasteiger partial charge in [0.1, 0.15) is 12.4 Å². The van der Waals surface area contributed by atoms with Gasteiger partial charge in [-0.2, -0.15) is 0 Å². The van der Waals surface area contributed by atoms with Crippen LogP contribution in [0.4, 0.5) is 8.78 Å². The molecule has 0 aliphatic carbocycles. The molecule has 2 aromatic carbocycles. The average Bonchev–Trinajstić information content (AvgIpc) is 2.40. The average molecular weight is 264 g/mol. The first-order chi connectivity index (χ1) is 9.08. The van der Waals surface area contributed by atoms with Gasteiger partial charge in [0.05, 0.1) is 6.10 Å². The van der Waals surface area contributed by atoms with E-state index in [0.29, 0.717) is 16.9 Å². The highest BCUT2D eigenvalue weighted by atomic mass is 19.2. The van der Waals surface area contributed by atoms with Crippen LogP contribution in [-0.4, -0.2) is 5.11 Å². The Hall–Kier alpha value is -1.94. The zero-order valence-corrected chi connectivity index (χ0v) is 10.4. The van der Waals surface area contributed by atoms with Crippen molar-refractivity contribution in [1.82, 2.24) is 0 Å². The Balaban J connectivity index is 2.12. The molecule has 0 saturated heterocycles. The molecule has 1 N–H and O–H groups in total. The van der Waals surface area contributed by atoms with Crippen molar-refractivity contribution >= 4 is 0 Å². The van der Waals surface area contributed by atoms with Crippen molar-refractivity contribution in [1.29, 1.82) is 0 Å². The Morgan fingerprint density at radius 3 is 2.53 bits per heavy atom. The van der Waals surface area contributed by atoms with Gasteiger partial charge in [-0.05, 0) is 30.7 Å². The molecule has 0 spiro atoms. The molecule has 0 aliphatic heterocycles. The van der Waals surface area contributed by atoms with Gasteiger partial charge in [0.2, 0.25) is 0 Å². The summed E-state index contributed by atoms with van der Waals surface area (Å²) in [4.78, 5) is 0. The standard InChI is InChI=1S/C15H14F2O2/c1-10(18)12-4-2-3-5-15(12)19-9-11-6-7-13(16)14(17)8-11/h2-8,10,18H,9H2,1H3/t10-/m1/s1. The lowest BCUT2D eigenvalue weighted by Gasteiger charge is -2.13. The van der Waals surface area contributed by atoms with Crippen LogP contribution in [0.1, 0.15) is 24.2 Å². The number of para-hydroxylation sites is 1. The third-order valence-electron chi connectivity index (χ3n) is 2.75. The van der Waals surface area contributed by atoms with Gasteiger partial charge in [0, 0.05) is 5.56 Å². The van der Waals surface area contributed by atoms with E-state index in [4.69, 9.17) is 4.74 Å². The number of ether oxygens (including phenoxy) is 1. The molecule has 19 heavy (non-hydrogen) atoms. The van der Waals surface area contributed by atoms with Gasteiger partial charge in [-0.1, -0.05) is 24.3 Å². The largest absolute Gasteiger partial charge is 0.489 e. The van der Waals surface area contributed by atoms with Crippen LogP contribution < -0.4 is 4.74 Å². The van der Waals surface area contributed by atoms with E-state index in [9.17, 15) is 13.9 Å². The molecule has 0 fully saturated rings. The first-order valence-electron chi connectivity index (χ1n) is 5.91. The zero-order chi connectivity index (χ0) is 13.8.